The molecule has 5 rings (SSSR count). The van der Waals surface area contributed by atoms with Crippen LogP contribution < -0.4 is 5.32 Å². The molecule has 4 fully saturated rings. The molecule has 0 radical (unpaired) electrons. The number of hydrogen-bond donors (Lipinski definition) is 1. The predicted molar refractivity (Wildman–Crippen MR) is 102 cm³/mol. The Bertz CT molecular complexity index is 645. The monoisotopic (exact) mass is 407 g/mol. The molecule has 25 heavy (non-hydrogen) atoms. The van der Waals surface area contributed by atoms with E-state index in [9.17, 15) is 4.79 Å². The molecule has 5 heteroatoms. The number of nitrogens with one attached hydrogen (secondary N) is 1. The minimum absolute atomic E-state index is 0.0567. The van der Waals surface area contributed by atoms with Gasteiger partial charge in [-0.15, -0.1) is 0 Å². The fourth-order valence-corrected chi connectivity index (χ4v) is 6.43. The summed E-state index contributed by atoms with van der Waals surface area (Å²) in [5.74, 6) is 2.94. The van der Waals surface area contributed by atoms with Crippen LogP contribution >= 0.6 is 15.9 Å². The number of halogens is 1. The second-order valence-electron chi connectivity index (χ2n) is 9.20. The number of nitrogens with zero attached hydrogens (tertiary/aromatic N) is 2. The highest BCUT2D eigenvalue weighted by Gasteiger charge is 2.50. The SMILES string of the molecule is Cc1nn(CC(C)C(=O)NCC23CC4CC(CC(C4)C2)C3)c(C)c1Br. The summed E-state index contributed by atoms with van der Waals surface area (Å²) in [6.07, 6.45) is 8.40. The molecule has 0 aromatic carbocycles. The van der Waals surface area contributed by atoms with Gasteiger partial charge in [0.2, 0.25) is 5.91 Å². The molecule has 1 atom stereocenters. The van der Waals surface area contributed by atoms with E-state index in [1.54, 1.807) is 0 Å². The first-order valence-electron chi connectivity index (χ1n) is 9.82. The molecule has 0 spiro atoms. The van der Waals surface area contributed by atoms with E-state index in [0.717, 1.165) is 40.2 Å². The van der Waals surface area contributed by atoms with Crippen molar-refractivity contribution in [1.29, 1.82) is 0 Å². The Labute approximate surface area is 159 Å². The molecule has 4 nitrogen and oxygen atoms in total. The van der Waals surface area contributed by atoms with Gasteiger partial charge in [0.25, 0.3) is 0 Å². The number of aryl methyl sites for hydroxylation is 1. The standard InChI is InChI=1S/C20H30BrN3O/c1-12(10-24-14(3)18(21)13(2)23-24)19(25)22-11-20-7-15-4-16(8-20)6-17(5-15)9-20/h12,15-17H,4-11H2,1-3H3,(H,22,25). The molecule has 4 aliphatic carbocycles. The molecular formula is C20H30BrN3O. The lowest BCUT2D eigenvalue weighted by atomic mass is 9.49. The minimum atomic E-state index is -0.0567. The Morgan fingerprint density at radius 1 is 1.24 bits per heavy atom. The predicted octanol–water partition coefficient (Wildman–Crippen LogP) is 4.23. The molecular weight excluding hydrogens is 378 g/mol. The highest BCUT2D eigenvalue weighted by atomic mass is 79.9. The van der Waals surface area contributed by atoms with Crippen LogP contribution in [0.3, 0.4) is 0 Å². The summed E-state index contributed by atoms with van der Waals surface area (Å²) in [6, 6.07) is 0. The Balaban J connectivity index is 1.35. The van der Waals surface area contributed by atoms with Crippen LogP contribution in [-0.2, 0) is 11.3 Å². The summed E-state index contributed by atoms with van der Waals surface area (Å²) >= 11 is 3.56. The topological polar surface area (TPSA) is 46.9 Å². The Morgan fingerprint density at radius 3 is 2.28 bits per heavy atom. The summed E-state index contributed by atoms with van der Waals surface area (Å²) in [4.78, 5) is 12.7. The van der Waals surface area contributed by atoms with Crippen molar-refractivity contribution in [3.8, 4) is 0 Å². The second-order valence-corrected chi connectivity index (χ2v) is 10.00. The normalized spacial score (nSPS) is 34.3. The van der Waals surface area contributed by atoms with Crippen LogP contribution in [-0.4, -0.2) is 22.2 Å². The molecule has 1 amide bonds. The van der Waals surface area contributed by atoms with Crippen LogP contribution in [0.5, 0.6) is 0 Å². The average Bonchev–Trinajstić information content (AvgIpc) is 2.78. The zero-order chi connectivity index (χ0) is 17.8. The van der Waals surface area contributed by atoms with Crippen LogP contribution in [0.15, 0.2) is 4.47 Å². The van der Waals surface area contributed by atoms with Gasteiger partial charge in [-0.3, -0.25) is 9.48 Å². The summed E-state index contributed by atoms with van der Waals surface area (Å²) < 4.78 is 3.00. The highest BCUT2D eigenvalue weighted by molar-refractivity contribution is 9.10. The average molecular weight is 408 g/mol. The lowest BCUT2D eigenvalue weighted by Crippen LogP contribution is -2.51. The van der Waals surface area contributed by atoms with E-state index in [2.05, 4.69) is 26.3 Å². The fourth-order valence-electron chi connectivity index (χ4n) is 6.15. The lowest BCUT2D eigenvalue weighted by molar-refractivity contribution is -0.127. The van der Waals surface area contributed by atoms with Crippen molar-refractivity contribution in [2.24, 2.45) is 29.1 Å². The van der Waals surface area contributed by atoms with Crippen LogP contribution in [0, 0.1) is 42.9 Å². The van der Waals surface area contributed by atoms with E-state index in [1.165, 1.54) is 38.5 Å². The number of rotatable bonds is 5. The van der Waals surface area contributed by atoms with Gasteiger partial charge in [-0.05, 0) is 91.5 Å². The van der Waals surface area contributed by atoms with Gasteiger partial charge in [0.1, 0.15) is 0 Å². The Morgan fingerprint density at radius 2 is 1.80 bits per heavy atom. The number of carbonyl (C=O) groups excluding carboxylic acids is 1. The van der Waals surface area contributed by atoms with Gasteiger partial charge in [0.05, 0.1) is 22.6 Å². The van der Waals surface area contributed by atoms with Crippen molar-refractivity contribution in [3.63, 3.8) is 0 Å². The van der Waals surface area contributed by atoms with Gasteiger partial charge < -0.3 is 5.32 Å². The van der Waals surface area contributed by atoms with Crippen LogP contribution in [0.1, 0.15) is 56.8 Å². The van der Waals surface area contributed by atoms with E-state index >= 15 is 0 Å². The molecule has 1 unspecified atom stereocenters. The molecule has 138 valence electrons. The Hall–Kier alpha value is -0.840. The number of amides is 1. The fraction of sp³-hybridized carbons (Fsp3) is 0.800. The summed E-state index contributed by atoms with van der Waals surface area (Å²) in [5, 5.41) is 7.85. The largest absolute Gasteiger partial charge is 0.355 e. The van der Waals surface area contributed by atoms with E-state index in [4.69, 9.17) is 0 Å². The third-order valence-corrected chi connectivity index (χ3v) is 8.14. The number of carbonyl (C=O) groups is 1. The second kappa shape index (κ2) is 6.40. The first kappa shape index (κ1) is 17.6. The maximum absolute atomic E-state index is 12.7. The molecule has 4 saturated carbocycles. The van der Waals surface area contributed by atoms with Crippen molar-refractivity contribution in [1.82, 2.24) is 15.1 Å². The van der Waals surface area contributed by atoms with Crippen molar-refractivity contribution >= 4 is 21.8 Å². The minimum Gasteiger partial charge on any atom is -0.355 e. The van der Waals surface area contributed by atoms with Crippen LogP contribution in [0.2, 0.25) is 0 Å². The molecule has 4 aliphatic rings. The van der Waals surface area contributed by atoms with E-state index in [0.29, 0.717) is 12.0 Å². The summed E-state index contributed by atoms with van der Waals surface area (Å²) in [7, 11) is 0. The van der Waals surface area contributed by atoms with Crippen molar-refractivity contribution in [2.75, 3.05) is 6.54 Å². The summed E-state index contributed by atoms with van der Waals surface area (Å²) in [6.45, 7) is 7.58. The quantitative estimate of drug-likeness (QED) is 0.793. The van der Waals surface area contributed by atoms with Gasteiger partial charge >= 0.3 is 0 Å². The van der Waals surface area contributed by atoms with Gasteiger partial charge in [0.15, 0.2) is 0 Å². The zero-order valence-electron chi connectivity index (χ0n) is 15.6. The lowest BCUT2D eigenvalue weighted by Gasteiger charge is -2.57. The smallest absolute Gasteiger partial charge is 0.224 e. The van der Waals surface area contributed by atoms with Gasteiger partial charge in [-0.1, -0.05) is 6.92 Å². The first-order chi connectivity index (χ1) is 11.8. The van der Waals surface area contributed by atoms with Crippen LogP contribution in [0.4, 0.5) is 0 Å². The maximum Gasteiger partial charge on any atom is 0.224 e. The third-order valence-electron chi connectivity index (χ3n) is 6.99. The first-order valence-corrected chi connectivity index (χ1v) is 10.6. The molecule has 4 bridgehead atoms. The summed E-state index contributed by atoms with van der Waals surface area (Å²) in [5.41, 5.74) is 2.49. The number of aromatic nitrogens is 2. The van der Waals surface area contributed by atoms with Crippen molar-refractivity contribution in [2.45, 2.75) is 65.8 Å². The van der Waals surface area contributed by atoms with Gasteiger partial charge in [-0.25, -0.2) is 0 Å². The molecule has 0 saturated heterocycles. The molecule has 1 aromatic rings. The molecule has 1 aromatic heterocycles. The van der Waals surface area contributed by atoms with E-state index in [-0.39, 0.29) is 11.8 Å². The van der Waals surface area contributed by atoms with E-state index < -0.39 is 0 Å². The van der Waals surface area contributed by atoms with Gasteiger partial charge in [-0.2, -0.15) is 5.10 Å². The van der Waals surface area contributed by atoms with Crippen molar-refractivity contribution in [3.05, 3.63) is 15.9 Å². The molecule has 0 aliphatic heterocycles. The number of hydrogen-bond acceptors (Lipinski definition) is 2. The Kier molecular flexibility index (Phi) is 4.50. The highest BCUT2D eigenvalue weighted by Crippen LogP contribution is 2.59. The van der Waals surface area contributed by atoms with E-state index in [1.807, 2.05) is 25.5 Å². The molecule has 1 heterocycles. The maximum atomic E-state index is 12.7. The third kappa shape index (κ3) is 3.29. The van der Waals surface area contributed by atoms with Crippen LogP contribution in [0.25, 0.3) is 0 Å². The van der Waals surface area contributed by atoms with Crippen molar-refractivity contribution < 1.29 is 4.79 Å². The zero-order valence-corrected chi connectivity index (χ0v) is 17.2. The molecule has 1 N–H and O–H groups in total. The van der Waals surface area contributed by atoms with Gasteiger partial charge in [0, 0.05) is 12.2 Å².